The van der Waals surface area contributed by atoms with Crippen LogP contribution in [0, 0.1) is 6.92 Å². The second-order valence-electron chi connectivity index (χ2n) is 5.70. The highest BCUT2D eigenvalue weighted by Gasteiger charge is 2.13. The summed E-state index contributed by atoms with van der Waals surface area (Å²) in [7, 11) is 1.73. The molecule has 0 aliphatic carbocycles. The maximum atomic E-state index is 12.0. The fraction of sp³-hybridized carbons (Fsp3) is 0.111. The highest BCUT2D eigenvalue weighted by Crippen LogP contribution is 2.25. The first kappa shape index (κ1) is 15.7. The predicted octanol–water partition coefficient (Wildman–Crippen LogP) is 3.72. The zero-order valence-corrected chi connectivity index (χ0v) is 15.1. The van der Waals surface area contributed by atoms with E-state index in [-0.39, 0.29) is 5.56 Å². The third-order valence-corrected chi connectivity index (χ3v) is 4.49. The van der Waals surface area contributed by atoms with Gasteiger partial charge in [-0.25, -0.2) is 4.98 Å². The van der Waals surface area contributed by atoms with Crippen LogP contribution in [-0.2, 0) is 7.05 Å². The molecule has 6 nitrogen and oxygen atoms in total. The van der Waals surface area contributed by atoms with E-state index in [0.717, 1.165) is 21.1 Å². The van der Waals surface area contributed by atoms with Gasteiger partial charge in [-0.15, -0.1) is 0 Å². The lowest BCUT2D eigenvalue weighted by atomic mass is 10.1. The number of rotatable bonds is 2. The molecule has 2 heterocycles. The van der Waals surface area contributed by atoms with Gasteiger partial charge in [0.15, 0.2) is 0 Å². The minimum Gasteiger partial charge on any atom is -0.334 e. The molecular weight excluding hydrogens is 384 g/mol. The average Bonchev–Trinajstić information content (AvgIpc) is 3.09. The molecule has 2 aromatic heterocycles. The zero-order valence-electron chi connectivity index (χ0n) is 13.5. The van der Waals surface area contributed by atoms with Crippen LogP contribution >= 0.6 is 15.9 Å². The molecule has 0 saturated heterocycles. The molecule has 25 heavy (non-hydrogen) atoms. The molecule has 2 aromatic carbocycles. The number of aromatic nitrogens is 4. The van der Waals surface area contributed by atoms with Crippen LogP contribution in [0.4, 0.5) is 0 Å². The molecule has 4 aromatic rings. The van der Waals surface area contributed by atoms with Crippen molar-refractivity contribution in [1.82, 2.24) is 19.7 Å². The van der Waals surface area contributed by atoms with Crippen LogP contribution in [0.25, 0.3) is 33.9 Å². The van der Waals surface area contributed by atoms with Crippen molar-refractivity contribution in [3.05, 3.63) is 63.0 Å². The summed E-state index contributed by atoms with van der Waals surface area (Å²) < 4.78 is 7.91. The van der Waals surface area contributed by atoms with Crippen molar-refractivity contribution in [3.8, 4) is 22.8 Å². The lowest BCUT2D eigenvalue weighted by molar-refractivity contribution is 0.432. The van der Waals surface area contributed by atoms with Crippen LogP contribution in [0.5, 0.6) is 0 Å². The maximum Gasteiger partial charge on any atom is 0.272 e. The summed E-state index contributed by atoms with van der Waals surface area (Å²) in [4.78, 5) is 20.8. The molecule has 4 rings (SSSR count). The Morgan fingerprint density at radius 2 is 1.92 bits per heavy atom. The SMILES string of the molecule is Cc1nc2cc(-c3noc(-c4cccc(Br)c4)n3)ccc2n(C)c1=O. The molecule has 0 radical (unpaired) electrons. The molecule has 0 atom stereocenters. The smallest absolute Gasteiger partial charge is 0.272 e. The topological polar surface area (TPSA) is 73.8 Å². The first-order valence-corrected chi connectivity index (χ1v) is 8.39. The number of benzene rings is 2. The molecule has 0 fully saturated rings. The molecule has 0 bridgehead atoms. The average molecular weight is 397 g/mol. The van der Waals surface area contributed by atoms with Crippen LogP contribution < -0.4 is 5.56 Å². The van der Waals surface area contributed by atoms with Gasteiger partial charge in [-0.2, -0.15) is 4.98 Å². The second-order valence-corrected chi connectivity index (χ2v) is 6.61. The van der Waals surface area contributed by atoms with Crippen molar-refractivity contribution in [2.24, 2.45) is 7.05 Å². The van der Waals surface area contributed by atoms with E-state index in [1.807, 2.05) is 42.5 Å². The third-order valence-electron chi connectivity index (χ3n) is 3.99. The lowest BCUT2D eigenvalue weighted by Gasteiger charge is -2.06. The fourth-order valence-corrected chi connectivity index (χ4v) is 3.10. The summed E-state index contributed by atoms with van der Waals surface area (Å²) in [5.74, 6) is 0.922. The van der Waals surface area contributed by atoms with E-state index >= 15 is 0 Å². The van der Waals surface area contributed by atoms with Gasteiger partial charge in [0.05, 0.1) is 11.0 Å². The highest BCUT2D eigenvalue weighted by atomic mass is 79.9. The van der Waals surface area contributed by atoms with E-state index < -0.39 is 0 Å². The molecule has 0 aliphatic rings. The number of aryl methyl sites for hydroxylation is 2. The van der Waals surface area contributed by atoms with E-state index in [9.17, 15) is 4.79 Å². The number of hydrogen-bond donors (Lipinski definition) is 0. The van der Waals surface area contributed by atoms with Gasteiger partial charge in [-0.1, -0.05) is 27.2 Å². The highest BCUT2D eigenvalue weighted by molar-refractivity contribution is 9.10. The standard InChI is InChI=1S/C18H13BrN4O2/c1-10-18(24)23(2)15-7-6-11(9-14(15)20-10)16-21-17(25-22-16)12-4-3-5-13(19)8-12/h3-9H,1-2H3. The summed E-state index contributed by atoms with van der Waals surface area (Å²) in [5.41, 5.74) is 3.45. The molecule has 7 heteroatoms. The Morgan fingerprint density at radius 3 is 2.72 bits per heavy atom. The fourth-order valence-electron chi connectivity index (χ4n) is 2.70. The Labute approximate surface area is 151 Å². The number of nitrogens with zero attached hydrogens (tertiary/aromatic N) is 4. The van der Waals surface area contributed by atoms with Gasteiger partial charge in [0.2, 0.25) is 5.82 Å². The van der Waals surface area contributed by atoms with E-state index in [0.29, 0.717) is 22.9 Å². The van der Waals surface area contributed by atoms with Gasteiger partial charge in [-0.05, 0) is 43.3 Å². The van der Waals surface area contributed by atoms with Crippen LogP contribution in [0.2, 0.25) is 0 Å². The summed E-state index contributed by atoms with van der Waals surface area (Å²) in [6.45, 7) is 1.70. The zero-order chi connectivity index (χ0) is 17.6. The summed E-state index contributed by atoms with van der Waals surface area (Å²) in [6.07, 6.45) is 0. The molecule has 0 N–H and O–H groups in total. The molecule has 0 unspecified atom stereocenters. The first-order chi connectivity index (χ1) is 12.0. The van der Waals surface area contributed by atoms with Gasteiger partial charge in [-0.3, -0.25) is 4.79 Å². The predicted molar refractivity (Wildman–Crippen MR) is 98.1 cm³/mol. The molecule has 0 saturated carbocycles. The van der Waals surface area contributed by atoms with Crippen LogP contribution in [0.15, 0.2) is 56.3 Å². The summed E-state index contributed by atoms with van der Waals surface area (Å²) in [5, 5.41) is 4.06. The van der Waals surface area contributed by atoms with Crippen molar-refractivity contribution >= 4 is 27.0 Å². The lowest BCUT2D eigenvalue weighted by Crippen LogP contribution is -2.20. The maximum absolute atomic E-state index is 12.0. The number of hydrogen-bond acceptors (Lipinski definition) is 5. The van der Waals surface area contributed by atoms with Crippen molar-refractivity contribution in [2.45, 2.75) is 6.92 Å². The van der Waals surface area contributed by atoms with Crippen LogP contribution in [0.1, 0.15) is 5.69 Å². The van der Waals surface area contributed by atoms with Crippen LogP contribution in [-0.4, -0.2) is 19.7 Å². The van der Waals surface area contributed by atoms with E-state index in [2.05, 4.69) is 31.1 Å². The number of fused-ring (bicyclic) bond motifs is 1. The molecular formula is C18H13BrN4O2. The third kappa shape index (κ3) is 2.76. The molecule has 0 spiro atoms. The van der Waals surface area contributed by atoms with E-state index in [4.69, 9.17) is 4.52 Å². The normalized spacial score (nSPS) is 11.2. The molecule has 0 aliphatic heterocycles. The Kier molecular flexibility index (Phi) is 3.73. The number of halogens is 1. The Morgan fingerprint density at radius 1 is 1.08 bits per heavy atom. The summed E-state index contributed by atoms with van der Waals surface area (Å²) in [6, 6.07) is 13.2. The van der Waals surface area contributed by atoms with Crippen molar-refractivity contribution in [1.29, 1.82) is 0 Å². The van der Waals surface area contributed by atoms with E-state index in [1.165, 1.54) is 0 Å². The van der Waals surface area contributed by atoms with Crippen molar-refractivity contribution < 1.29 is 4.52 Å². The minimum atomic E-state index is -0.100. The largest absolute Gasteiger partial charge is 0.334 e. The quantitative estimate of drug-likeness (QED) is 0.516. The van der Waals surface area contributed by atoms with Crippen molar-refractivity contribution in [3.63, 3.8) is 0 Å². The minimum absolute atomic E-state index is 0.100. The van der Waals surface area contributed by atoms with Gasteiger partial charge in [0.25, 0.3) is 11.4 Å². The van der Waals surface area contributed by atoms with Gasteiger partial charge in [0, 0.05) is 22.6 Å². The Balaban J connectivity index is 1.80. The van der Waals surface area contributed by atoms with Gasteiger partial charge in [0.1, 0.15) is 5.69 Å². The monoisotopic (exact) mass is 396 g/mol. The second kappa shape index (κ2) is 5.93. The Hall–Kier alpha value is -2.80. The van der Waals surface area contributed by atoms with Crippen LogP contribution in [0.3, 0.4) is 0 Å². The van der Waals surface area contributed by atoms with E-state index in [1.54, 1.807) is 18.5 Å². The first-order valence-electron chi connectivity index (χ1n) is 7.60. The summed E-state index contributed by atoms with van der Waals surface area (Å²) >= 11 is 3.43. The van der Waals surface area contributed by atoms with Gasteiger partial charge < -0.3 is 9.09 Å². The Bertz CT molecular complexity index is 1160. The molecule has 124 valence electrons. The van der Waals surface area contributed by atoms with Gasteiger partial charge >= 0.3 is 0 Å². The molecule has 0 amide bonds. The van der Waals surface area contributed by atoms with Crippen molar-refractivity contribution in [2.75, 3.05) is 0 Å².